The number of phenolic OH excluding ortho intramolecular Hbond substituents is 1. The van der Waals surface area contributed by atoms with E-state index in [4.69, 9.17) is 9.84 Å². The number of rotatable bonds is 5. The highest BCUT2D eigenvalue weighted by Crippen LogP contribution is 2.27. The molecule has 0 aliphatic heterocycles. The van der Waals surface area contributed by atoms with E-state index in [-0.39, 0.29) is 21.9 Å². The second-order valence-corrected chi connectivity index (χ2v) is 6.00. The molecule has 2 aromatic carbocycles. The Kier molecular flexibility index (Phi) is 4.22. The van der Waals surface area contributed by atoms with Crippen molar-refractivity contribution in [3.63, 3.8) is 0 Å². The van der Waals surface area contributed by atoms with Crippen molar-refractivity contribution in [1.29, 1.82) is 0 Å². The maximum atomic E-state index is 12.2. The number of carboxylic acids is 1. The SMILES string of the molecule is COc1ccc(S(=O)(=O)Nc2cc(C(=O)O)ccc2O)cc1. The third-order valence-corrected chi connectivity index (χ3v) is 4.24. The van der Waals surface area contributed by atoms with Crippen molar-refractivity contribution in [3.8, 4) is 11.5 Å². The van der Waals surface area contributed by atoms with Gasteiger partial charge in [0, 0.05) is 0 Å². The zero-order chi connectivity index (χ0) is 16.3. The van der Waals surface area contributed by atoms with Crippen molar-refractivity contribution in [3.05, 3.63) is 48.0 Å². The fourth-order valence-corrected chi connectivity index (χ4v) is 2.77. The van der Waals surface area contributed by atoms with Gasteiger partial charge in [0.2, 0.25) is 0 Å². The molecule has 0 atom stereocenters. The molecule has 0 aromatic heterocycles. The minimum atomic E-state index is -3.96. The van der Waals surface area contributed by atoms with E-state index in [1.54, 1.807) is 0 Å². The fourth-order valence-electron chi connectivity index (χ4n) is 1.71. The van der Waals surface area contributed by atoms with Crippen LogP contribution in [-0.2, 0) is 10.0 Å². The second-order valence-electron chi connectivity index (χ2n) is 4.32. The zero-order valence-corrected chi connectivity index (χ0v) is 12.3. The molecule has 0 aliphatic carbocycles. The van der Waals surface area contributed by atoms with Gasteiger partial charge in [-0.2, -0.15) is 0 Å². The summed E-state index contributed by atoms with van der Waals surface area (Å²) < 4.78 is 31.5. The quantitative estimate of drug-likeness (QED) is 0.724. The second kappa shape index (κ2) is 5.94. The first kappa shape index (κ1) is 15.6. The van der Waals surface area contributed by atoms with Crippen LogP contribution in [-0.4, -0.2) is 31.7 Å². The smallest absolute Gasteiger partial charge is 0.335 e. The van der Waals surface area contributed by atoms with Crippen LogP contribution in [0.3, 0.4) is 0 Å². The van der Waals surface area contributed by atoms with E-state index >= 15 is 0 Å². The number of nitrogens with one attached hydrogen (secondary N) is 1. The van der Waals surface area contributed by atoms with Crippen LogP contribution in [0.2, 0.25) is 0 Å². The van der Waals surface area contributed by atoms with Crippen molar-refractivity contribution in [1.82, 2.24) is 0 Å². The van der Waals surface area contributed by atoms with Gasteiger partial charge >= 0.3 is 5.97 Å². The van der Waals surface area contributed by atoms with Crippen molar-refractivity contribution >= 4 is 21.7 Å². The molecule has 0 heterocycles. The van der Waals surface area contributed by atoms with Crippen LogP contribution in [0.1, 0.15) is 10.4 Å². The average molecular weight is 323 g/mol. The van der Waals surface area contributed by atoms with Crippen LogP contribution >= 0.6 is 0 Å². The molecule has 0 fully saturated rings. The first-order valence-corrected chi connectivity index (χ1v) is 7.55. The third kappa shape index (κ3) is 3.29. The summed E-state index contributed by atoms with van der Waals surface area (Å²) in [4.78, 5) is 10.9. The average Bonchev–Trinajstić information content (AvgIpc) is 2.49. The van der Waals surface area contributed by atoms with E-state index in [0.717, 1.165) is 12.1 Å². The molecular formula is C14H13NO6S. The number of aromatic carboxylic acids is 1. The van der Waals surface area contributed by atoms with Crippen LogP contribution in [0.4, 0.5) is 5.69 Å². The molecule has 2 aromatic rings. The number of sulfonamides is 1. The van der Waals surface area contributed by atoms with Crippen molar-refractivity contribution in [2.24, 2.45) is 0 Å². The number of anilines is 1. The van der Waals surface area contributed by atoms with Crippen LogP contribution in [0.5, 0.6) is 11.5 Å². The Morgan fingerprint density at radius 2 is 1.77 bits per heavy atom. The fraction of sp³-hybridized carbons (Fsp3) is 0.0714. The molecule has 0 amide bonds. The number of aromatic hydroxyl groups is 1. The van der Waals surface area contributed by atoms with Gasteiger partial charge in [-0.15, -0.1) is 0 Å². The summed E-state index contributed by atoms with van der Waals surface area (Å²) in [5, 5.41) is 18.6. The Morgan fingerprint density at radius 1 is 1.14 bits per heavy atom. The first-order chi connectivity index (χ1) is 10.3. The summed E-state index contributed by atoms with van der Waals surface area (Å²) in [5.74, 6) is -1.11. The lowest BCUT2D eigenvalue weighted by atomic mass is 10.2. The molecule has 0 radical (unpaired) electrons. The van der Waals surface area contributed by atoms with Crippen LogP contribution in [0.25, 0.3) is 0 Å². The van der Waals surface area contributed by atoms with Gasteiger partial charge in [-0.1, -0.05) is 0 Å². The molecule has 0 saturated heterocycles. The number of ether oxygens (including phenoxy) is 1. The highest BCUT2D eigenvalue weighted by Gasteiger charge is 2.17. The summed E-state index contributed by atoms with van der Waals surface area (Å²) in [6, 6.07) is 8.93. The molecule has 116 valence electrons. The Hall–Kier alpha value is -2.74. The van der Waals surface area contributed by atoms with Gasteiger partial charge in [-0.3, -0.25) is 4.72 Å². The molecule has 2 rings (SSSR count). The van der Waals surface area contributed by atoms with E-state index in [9.17, 15) is 18.3 Å². The summed E-state index contributed by atoms with van der Waals surface area (Å²) in [5.41, 5.74) is -0.360. The molecule has 7 nitrogen and oxygen atoms in total. The lowest BCUT2D eigenvalue weighted by molar-refractivity contribution is 0.0697. The molecule has 22 heavy (non-hydrogen) atoms. The highest BCUT2D eigenvalue weighted by atomic mass is 32.2. The van der Waals surface area contributed by atoms with E-state index in [1.165, 1.54) is 37.4 Å². The summed E-state index contributed by atoms with van der Waals surface area (Å²) >= 11 is 0. The number of carbonyl (C=O) groups is 1. The lowest BCUT2D eigenvalue weighted by Crippen LogP contribution is -2.13. The topological polar surface area (TPSA) is 113 Å². The lowest BCUT2D eigenvalue weighted by Gasteiger charge is -2.10. The number of hydrogen-bond acceptors (Lipinski definition) is 5. The van der Waals surface area contributed by atoms with E-state index in [2.05, 4.69) is 4.72 Å². The van der Waals surface area contributed by atoms with Gasteiger partial charge < -0.3 is 14.9 Å². The monoisotopic (exact) mass is 323 g/mol. The Labute approximate surface area is 126 Å². The Morgan fingerprint density at radius 3 is 2.32 bits per heavy atom. The molecular weight excluding hydrogens is 310 g/mol. The number of hydrogen-bond donors (Lipinski definition) is 3. The van der Waals surface area contributed by atoms with Gasteiger partial charge in [-0.25, -0.2) is 13.2 Å². The predicted molar refractivity (Wildman–Crippen MR) is 78.9 cm³/mol. The van der Waals surface area contributed by atoms with E-state index < -0.39 is 16.0 Å². The van der Waals surface area contributed by atoms with Crippen molar-refractivity contribution in [2.75, 3.05) is 11.8 Å². The summed E-state index contributed by atoms with van der Waals surface area (Å²) in [6.07, 6.45) is 0. The summed E-state index contributed by atoms with van der Waals surface area (Å²) in [6.45, 7) is 0. The van der Waals surface area contributed by atoms with E-state index in [0.29, 0.717) is 5.75 Å². The van der Waals surface area contributed by atoms with Gasteiger partial charge in [0.1, 0.15) is 11.5 Å². The van der Waals surface area contributed by atoms with Crippen LogP contribution < -0.4 is 9.46 Å². The molecule has 0 spiro atoms. The van der Waals surface area contributed by atoms with Crippen molar-refractivity contribution < 1.29 is 28.2 Å². The van der Waals surface area contributed by atoms with Gasteiger partial charge in [0.25, 0.3) is 10.0 Å². The largest absolute Gasteiger partial charge is 0.506 e. The minimum absolute atomic E-state index is 0.0478. The molecule has 0 unspecified atom stereocenters. The first-order valence-electron chi connectivity index (χ1n) is 6.06. The summed E-state index contributed by atoms with van der Waals surface area (Å²) in [7, 11) is -2.51. The Bertz CT molecular complexity index is 799. The molecule has 8 heteroatoms. The third-order valence-electron chi connectivity index (χ3n) is 2.86. The molecule has 0 bridgehead atoms. The number of phenols is 1. The number of carboxylic acid groups (broad SMARTS) is 1. The van der Waals surface area contributed by atoms with Gasteiger partial charge in [0.05, 0.1) is 23.3 Å². The molecule has 3 N–H and O–H groups in total. The molecule has 0 aliphatic rings. The standard InChI is InChI=1S/C14H13NO6S/c1-21-10-3-5-11(6-4-10)22(19,20)15-12-8-9(14(17)18)2-7-13(12)16/h2-8,15-16H,1H3,(H,17,18). The number of benzene rings is 2. The zero-order valence-electron chi connectivity index (χ0n) is 11.5. The van der Waals surface area contributed by atoms with Crippen LogP contribution in [0, 0.1) is 0 Å². The highest BCUT2D eigenvalue weighted by molar-refractivity contribution is 7.92. The normalized spacial score (nSPS) is 11.0. The molecule has 0 saturated carbocycles. The van der Waals surface area contributed by atoms with Crippen molar-refractivity contribution in [2.45, 2.75) is 4.90 Å². The maximum absolute atomic E-state index is 12.2. The van der Waals surface area contributed by atoms with Gasteiger partial charge in [0.15, 0.2) is 0 Å². The van der Waals surface area contributed by atoms with Gasteiger partial charge in [-0.05, 0) is 42.5 Å². The number of methoxy groups -OCH3 is 1. The predicted octanol–water partition coefficient (Wildman–Crippen LogP) is 1.90. The van der Waals surface area contributed by atoms with Crippen LogP contribution in [0.15, 0.2) is 47.4 Å². The maximum Gasteiger partial charge on any atom is 0.335 e. The van der Waals surface area contributed by atoms with E-state index in [1.807, 2.05) is 0 Å². The minimum Gasteiger partial charge on any atom is -0.506 e. The Balaban J connectivity index is 2.35.